The van der Waals surface area contributed by atoms with E-state index in [-0.39, 0.29) is 23.5 Å². The smallest absolute Gasteiger partial charge is 0.333 e. The molecule has 0 aliphatic heterocycles. The molecule has 0 unspecified atom stereocenters. The molecule has 210 valence electrons. The Morgan fingerprint density at radius 2 is 1.74 bits per heavy atom. The van der Waals surface area contributed by atoms with Crippen LogP contribution >= 0.6 is 0 Å². The zero-order valence-corrected chi connectivity index (χ0v) is 20.2. The van der Waals surface area contributed by atoms with Gasteiger partial charge in [0.2, 0.25) is 11.6 Å². The molecule has 1 aliphatic carbocycles. The topological polar surface area (TPSA) is 183 Å². The summed E-state index contributed by atoms with van der Waals surface area (Å²) in [5, 5.41) is 32.0. The normalized spacial score (nSPS) is 21.3. The maximum absolute atomic E-state index is 14.0. The van der Waals surface area contributed by atoms with Crippen LogP contribution < -0.4 is 10.5 Å². The van der Waals surface area contributed by atoms with Crippen LogP contribution in [0.25, 0.3) is 0 Å². The highest BCUT2D eigenvalue weighted by Crippen LogP contribution is 2.30. The molecule has 5 N–H and O–H groups in total. The van der Waals surface area contributed by atoms with Gasteiger partial charge in [-0.05, 0) is 12.5 Å². The number of hydrogen-bond donors (Lipinski definition) is 4. The van der Waals surface area contributed by atoms with Crippen LogP contribution in [0.5, 0.6) is 0 Å². The van der Waals surface area contributed by atoms with Crippen LogP contribution in [-0.2, 0) is 21.0 Å². The number of aliphatic hydroxyl groups excluding tert-OH is 2. The molecule has 3 aromatic rings. The predicted molar refractivity (Wildman–Crippen MR) is 120 cm³/mol. The summed E-state index contributed by atoms with van der Waals surface area (Å²) in [5.74, 6) is -12.4. The van der Waals surface area contributed by atoms with Gasteiger partial charge in [0, 0.05) is 18.3 Å². The summed E-state index contributed by atoms with van der Waals surface area (Å²) in [6.45, 7) is -1.39. The first kappa shape index (κ1) is 28.4. The number of carbonyl (C=O) groups excluding carboxylic acids is 1. The molecule has 12 nitrogen and oxygen atoms in total. The van der Waals surface area contributed by atoms with Gasteiger partial charge in [-0.2, -0.15) is 13.5 Å². The Morgan fingerprint density at radius 3 is 2.38 bits per heavy atom. The second-order valence-corrected chi connectivity index (χ2v) is 9.79. The van der Waals surface area contributed by atoms with Gasteiger partial charge in [-0.3, -0.25) is 13.7 Å². The van der Waals surface area contributed by atoms with Gasteiger partial charge >= 0.3 is 10.3 Å². The van der Waals surface area contributed by atoms with E-state index < -0.39 is 88.1 Å². The minimum atomic E-state index is -4.29. The Morgan fingerprint density at radius 1 is 1.10 bits per heavy atom. The number of halogens is 5. The standard InChI is InChI=1S/C21H19F5N6O6S/c22-13-10(14(23)16(25)17(26)15(13)24)5-32-2-1-11(31-32)19(34)9-4-28-7-29-21(9)30-12-3-8(18(33)20(12)35)6-38-39(27,36)37/h1-2,4,7-8,12,18,20,33,35H,3,5-6H2,(H2,27,36,37)(H,28,29,30)/t8-,12-,18-,20+/m1/s1. The summed E-state index contributed by atoms with van der Waals surface area (Å²) < 4.78 is 95.7. The number of aromatic nitrogens is 4. The Labute approximate surface area is 216 Å². The minimum Gasteiger partial charge on any atom is -0.390 e. The van der Waals surface area contributed by atoms with Gasteiger partial charge in [0.1, 0.15) is 23.9 Å². The molecule has 1 aromatic carbocycles. The van der Waals surface area contributed by atoms with Crippen molar-refractivity contribution >= 4 is 21.9 Å². The van der Waals surface area contributed by atoms with Gasteiger partial charge < -0.3 is 15.5 Å². The van der Waals surface area contributed by atoms with Crippen molar-refractivity contribution in [1.82, 2.24) is 19.7 Å². The van der Waals surface area contributed by atoms with Crippen LogP contribution in [0.3, 0.4) is 0 Å². The highest BCUT2D eigenvalue weighted by atomic mass is 32.2. The van der Waals surface area contributed by atoms with Gasteiger partial charge in [0.15, 0.2) is 23.3 Å². The Hall–Kier alpha value is -3.58. The van der Waals surface area contributed by atoms with Crippen molar-refractivity contribution in [2.75, 3.05) is 11.9 Å². The molecule has 1 fully saturated rings. The van der Waals surface area contributed by atoms with E-state index in [9.17, 15) is 45.4 Å². The van der Waals surface area contributed by atoms with Crippen molar-refractivity contribution < 1.29 is 49.6 Å². The monoisotopic (exact) mass is 578 g/mol. The number of anilines is 1. The summed E-state index contributed by atoms with van der Waals surface area (Å²) in [6.07, 6.45) is 0.419. The van der Waals surface area contributed by atoms with E-state index in [0.717, 1.165) is 29.5 Å². The molecular weight excluding hydrogens is 559 g/mol. The molecule has 0 amide bonds. The van der Waals surface area contributed by atoms with Crippen LogP contribution in [0.2, 0.25) is 0 Å². The molecule has 0 spiro atoms. The summed E-state index contributed by atoms with van der Waals surface area (Å²) in [4.78, 5) is 20.8. The molecule has 1 saturated carbocycles. The SMILES string of the molecule is NS(=O)(=O)OC[C@H]1C[C@@H](Nc2ncncc2C(=O)c2ccn(Cc3c(F)c(F)c(F)c(F)c3F)n2)[C@H](O)[C@@H]1O. The molecule has 39 heavy (non-hydrogen) atoms. The van der Waals surface area contributed by atoms with Gasteiger partial charge in [-0.15, -0.1) is 0 Å². The number of carbonyl (C=O) groups is 1. The quantitative estimate of drug-likeness (QED) is 0.120. The largest absolute Gasteiger partial charge is 0.390 e. The van der Waals surface area contributed by atoms with E-state index in [1.165, 1.54) is 0 Å². The zero-order chi connectivity index (χ0) is 28.6. The highest BCUT2D eigenvalue weighted by Gasteiger charge is 2.42. The number of hydrogen-bond acceptors (Lipinski definition) is 10. The van der Waals surface area contributed by atoms with Crippen LogP contribution in [0.4, 0.5) is 27.8 Å². The molecule has 4 atom stereocenters. The van der Waals surface area contributed by atoms with Gasteiger partial charge in [0.05, 0.1) is 36.4 Å². The third-order valence-electron chi connectivity index (χ3n) is 6.02. The molecule has 2 aromatic heterocycles. The molecular formula is C21H19F5N6O6S. The van der Waals surface area contributed by atoms with E-state index >= 15 is 0 Å². The molecule has 18 heteroatoms. The highest BCUT2D eigenvalue weighted by molar-refractivity contribution is 7.84. The molecule has 0 saturated heterocycles. The number of aliphatic hydroxyl groups is 2. The number of rotatable bonds is 9. The lowest BCUT2D eigenvalue weighted by Gasteiger charge is -2.19. The zero-order valence-electron chi connectivity index (χ0n) is 19.4. The van der Waals surface area contributed by atoms with E-state index in [1.807, 2.05) is 0 Å². The van der Waals surface area contributed by atoms with Gasteiger partial charge in [-0.1, -0.05) is 0 Å². The average Bonchev–Trinajstić information content (AvgIpc) is 3.47. The molecule has 0 radical (unpaired) electrons. The number of nitrogens with one attached hydrogen (secondary N) is 1. The van der Waals surface area contributed by atoms with Gasteiger partial charge in [-0.25, -0.2) is 37.1 Å². The lowest BCUT2D eigenvalue weighted by molar-refractivity contribution is 0.00778. The van der Waals surface area contributed by atoms with Crippen molar-refractivity contribution in [2.45, 2.75) is 31.2 Å². The fourth-order valence-corrected chi connectivity index (χ4v) is 4.43. The Kier molecular flexibility index (Phi) is 7.94. The lowest BCUT2D eigenvalue weighted by atomic mass is 10.1. The Bertz CT molecular complexity index is 1490. The first-order valence-corrected chi connectivity index (χ1v) is 12.4. The third kappa shape index (κ3) is 5.88. The van der Waals surface area contributed by atoms with Crippen molar-refractivity contribution in [3.05, 3.63) is 70.7 Å². The van der Waals surface area contributed by atoms with Crippen molar-refractivity contribution in [1.29, 1.82) is 0 Å². The summed E-state index contributed by atoms with van der Waals surface area (Å²) in [5.41, 5.74) is -1.64. The summed E-state index contributed by atoms with van der Waals surface area (Å²) in [7, 11) is -4.29. The summed E-state index contributed by atoms with van der Waals surface area (Å²) in [6, 6.07) is 0.210. The first-order valence-electron chi connectivity index (χ1n) is 11.0. The Balaban J connectivity index is 1.52. The average molecular weight is 578 g/mol. The fraction of sp³-hybridized carbons (Fsp3) is 0.333. The minimum absolute atomic E-state index is 0.00791. The van der Waals surface area contributed by atoms with E-state index in [1.54, 1.807) is 0 Å². The maximum Gasteiger partial charge on any atom is 0.333 e. The predicted octanol–water partition coefficient (Wildman–Crippen LogP) is 0.390. The molecule has 0 bridgehead atoms. The van der Waals surface area contributed by atoms with Crippen LogP contribution in [0, 0.1) is 35.0 Å². The van der Waals surface area contributed by atoms with Crippen molar-refractivity contribution in [2.24, 2.45) is 11.1 Å². The van der Waals surface area contributed by atoms with Crippen LogP contribution in [0.15, 0.2) is 24.8 Å². The van der Waals surface area contributed by atoms with Gasteiger partial charge in [0.25, 0.3) is 0 Å². The lowest BCUT2D eigenvalue weighted by Crippen LogP contribution is -2.36. The summed E-state index contributed by atoms with van der Waals surface area (Å²) >= 11 is 0. The molecule has 1 aliphatic rings. The van der Waals surface area contributed by atoms with Crippen LogP contribution in [-0.4, -0.2) is 69.0 Å². The molecule has 2 heterocycles. The first-order chi connectivity index (χ1) is 18.3. The second kappa shape index (κ2) is 10.9. The second-order valence-electron chi connectivity index (χ2n) is 8.57. The maximum atomic E-state index is 14.0. The number of benzene rings is 1. The number of nitrogens with two attached hydrogens (primary N) is 1. The number of ketones is 1. The van der Waals surface area contributed by atoms with Crippen molar-refractivity contribution in [3.8, 4) is 0 Å². The van der Waals surface area contributed by atoms with E-state index in [0.29, 0.717) is 0 Å². The fourth-order valence-electron chi connectivity index (χ4n) is 4.06. The van der Waals surface area contributed by atoms with E-state index in [2.05, 4.69) is 24.6 Å². The van der Waals surface area contributed by atoms with E-state index in [4.69, 9.17) is 5.14 Å². The van der Waals surface area contributed by atoms with Crippen LogP contribution in [0.1, 0.15) is 28.0 Å². The molecule has 4 rings (SSSR count). The third-order valence-corrected chi connectivity index (χ3v) is 6.49. The number of nitrogens with zero attached hydrogens (tertiary/aromatic N) is 4. The van der Waals surface area contributed by atoms with Crippen molar-refractivity contribution in [3.63, 3.8) is 0 Å².